The highest BCUT2D eigenvalue weighted by molar-refractivity contribution is 4.46. The molecule has 0 saturated heterocycles. The van der Waals surface area contributed by atoms with Gasteiger partial charge < -0.3 is 19.7 Å². The smallest absolute Gasteiger partial charge is 0.279 e. The Morgan fingerprint density at radius 1 is 1.33 bits per heavy atom. The van der Waals surface area contributed by atoms with E-state index in [0.717, 1.165) is 0 Å². The van der Waals surface area contributed by atoms with Crippen LogP contribution in [0.1, 0.15) is 6.42 Å². The van der Waals surface area contributed by atoms with Gasteiger partial charge in [0.05, 0.1) is 13.0 Å². The predicted molar refractivity (Wildman–Crippen MR) is 30.7 cm³/mol. The molecule has 0 unspecified atom stereocenters. The Balaban J connectivity index is 3.33. The van der Waals surface area contributed by atoms with Gasteiger partial charge in [0.1, 0.15) is 0 Å². The van der Waals surface area contributed by atoms with Crippen molar-refractivity contribution in [2.75, 3.05) is 20.8 Å². The molecule has 0 radical (unpaired) electrons. The molecule has 4 heteroatoms. The molecule has 9 heavy (non-hydrogen) atoms. The van der Waals surface area contributed by atoms with Crippen LogP contribution in [0.15, 0.2) is 0 Å². The van der Waals surface area contributed by atoms with Crippen molar-refractivity contribution in [2.45, 2.75) is 12.4 Å². The highest BCUT2D eigenvalue weighted by Gasteiger charge is 2.20. The minimum absolute atomic E-state index is 0.0556. The molecule has 0 fully saturated rings. The Labute approximate surface area is 54.0 Å². The average molecular weight is 136 g/mol. The van der Waals surface area contributed by atoms with Gasteiger partial charge in [-0.3, -0.25) is 0 Å². The van der Waals surface area contributed by atoms with Crippen LogP contribution in [-0.2, 0) is 9.47 Å². The molecule has 0 saturated carbocycles. The van der Waals surface area contributed by atoms with Crippen LogP contribution in [-0.4, -0.2) is 37.0 Å². The zero-order chi connectivity index (χ0) is 7.33. The minimum Gasteiger partial charge on any atom is -0.384 e. The third-order valence-electron chi connectivity index (χ3n) is 0.959. The molecule has 2 N–H and O–H groups in total. The van der Waals surface area contributed by atoms with E-state index in [1.54, 1.807) is 0 Å². The van der Waals surface area contributed by atoms with Crippen molar-refractivity contribution >= 4 is 0 Å². The van der Waals surface area contributed by atoms with Gasteiger partial charge in [0.2, 0.25) is 0 Å². The van der Waals surface area contributed by atoms with E-state index in [1.165, 1.54) is 14.2 Å². The van der Waals surface area contributed by atoms with E-state index in [-0.39, 0.29) is 13.0 Å². The van der Waals surface area contributed by atoms with Gasteiger partial charge in [-0.15, -0.1) is 0 Å². The van der Waals surface area contributed by atoms with Crippen LogP contribution in [0.5, 0.6) is 0 Å². The van der Waals surface area contributed by atoms with Crippen LogP contribution < -0.4 is 0 Å². The van der Waals surface area contributed by atoms with E-state index in [1.807, 2.05) is 0 Å². The summed E-state index contributed by atoms with van der Waals surface area (Å²) in [6.45, 7) is 0.265. The summed E-state index contributed by atoms with van der Waals surface area (Å²) in [5.74, 6) is -2.03. The van der Waals surface area contributed by atoms with Gasteiger partial charge in [-0.25, -0.2) is 0 Å². The van der Waals surface area contributed by atoms with Crippen LogP contribution in [0.4, 0.5) is 0 Å². The molecular formula is C5H12O4. The Morgan fingerprint density at radius 3 is 2.22 bits per heavy atom. The fourth-order valence-corrected chi connectivity index (χ4v) is 0.337. The number of aliphatic hydroxyl groups is 2. The number of ether oxygens (including phenoxy) is 2. The molecule has 0 aliphatic carbocycles. The maximum Gasteiger partial charge on any atom is 0.279 e. The van der Waals surface area contributed by atoms with Crippen LogP contribution in [0, 0.1) is 0 Å². The van der Waals surface area contributed by atoms with E-state index in [9.17, 15) is 0 Å². The Bertz CT molecular complexity index is 71.4. The second-order valence-corrected chi connectivity index (χ2v) is 1.69. The first-order valence-electron chi connectivity index (χ1n) is 2.61. The third-order valence-corrected chi connectivity index (χ3v) is 0.959. The molecule has 0 aromatic heterocycles. The monoisotopic (exact) mass is 136 g/mol. The molecule has 0 amide bonds. The quantitative estimate of drug-likeness (QED) is 0.502. The highest BCUT2D eigenvalue weighted by Crippen LogP contribution is 2.04. The first-order valence-corrected chi connectivity index (χ1v) is 2.61. The number of hydrogen-bond donors (Lipinski definition) is 2. The van der Waals surface area contributed by atoms with Crippen molar-refractivity contribution in [1.29, 1.82) is 0 Å². The van der Waals surface area contributed by atoms with Gasteiger partial charge in [0.15, 0.2) is 0 Å². The summed E-state index contributed by atoms with van der Waals surface area (Å²) in [5, 5.41) is 17.4. The molecule has 0 aromatic rings. The highest BCUT2D eigenvalue weighted by atomic mass is 16.8. The first kappa shape index (κ1) is 8.84. The molecule has 0 heterocycles. The van der Waals surface area contributed by atoms with E-state index in [4.69, 9.17) is 10.2 Å². The fourth-order valence-electron chi connectivity index (χ4n) is 0.337. The molecule has 0 aromatic carbocycles. The lowest BCUT2D eigenvalue weighted by molar-refractivity contribution is -0.331. The van der Waals surface area contributed by atoms with Crippen molar-refractivity contribution < 1.29 is 19.7 Å². The third kappa shape index (κ3) is 4.35. The van der Waals surface area contributed by atoms with Crippen molar-refractivity contribution in [1.82, 2.24) is 0 Å². The van der Waals surface area contributed by atoms with E-state index >= 15 is 0 Å². The lowest BCUT2D eigenvalue weighted by Crippen LogP contribution is -2.31. The van der Waals surface area contributed by atoms with Crippen LogP contribution >= 0.6 is 0 Å². The lowest BCUT2D eigenvalue weighted by Gasteiger charge is -2.17. The standard InChI is InChI=1S/C5H12O4/c1-8-4-3-5(6,7)9-2/h6-7H,3-4H2,1-2H3. The van der Waals surface area contributed by atoms with E-state index in [2.05, 4.69) is 9.47 Å². The lowest BCUT2D eigenvalue weighted by atomic mass is 10.4. The van der Waals surface area contributed by atoms with Gasteiger partial charge in [0.25, 0.3) is 5.97 Å². The van der Waals surface area contributed by atoms with Gasteiger partial charge in [-0.2, -0.15) is 0 Å². The van der Waals surface area contributed by atoms with Crippen molar-refractivity contribution in [3.05, 3.63) is 0 Å². The summed E-state index contributed by atoms with van der Waals surface area (Å²) in [6, 6.07) is 0. The number of hydrogen-bond acceptors (Lipinski definition) is 4. The minimum atomic E-state index is -2.03. The maximum atomic E-state index is 8.71. The molecule has 0 spiro atoms. The van der Waals surface area contributed by atoms with Gasteiger partial charge in [0, 0.05) is 14.2 Å². The second-order valence-electron chi connectivity index (χ2n) is 1.69. The summed E-state index contributed by atoms with van der Waals surface area (Å²) >= 11 is 0. The summed E-state index contributed by atoms with van der Waals surface area (Å²) in [4.78, 5) is 0. The zero-order valence-corrected chi connectivity index (χ0v) is 5.63. The zero-order valence-electron chi connectivity index (χ0n) is 5.63. The maximum absolute atomic E-state index is 8.71. The number of methoxy groups -OCH3 is 2. The molecular weight excluding hydrogens is 124 g/mol. The van der Waals surface area contributed by atoms with E-state index < -0.39 is 5.97 Å². The molecule has 0 aliphatic rings. The van der Waals surface area contributed by atoms with Crippen molar-refractivity contribution in [3.8, 4) is 0 Å². The Hall–Kier alpha value is -0.160. The van der Waals surface area contributed by atoms with Crippen molar-refractivity contribution in [3.63, 3.8) is 0 Å². The van der Waals surface area contributed by atoms with E-state index in [0.29, 0.717) is 0 Å². The largest absolute Gasteiger partial charge is 0.384 e. The molecule has 0 rings (SSSR count). The molecule has 0 aliphatic heterocycles. The summed E-state index contributed by atoms with van der Waals surface area (Å²) in [5.41, 5.74) is 0. The Kier molecular flexibility index (Phi) is 3.72. The summed E-state index contributed by atoms with van der Waals surface area (Å²) in [6.07, 6.45) is 0.0556. The predicted octanol–water partition coefficient (Wildman–Crippen LogP) is -0.692. The molecule has 0 bridgehead atoms. The Morgan fingerprint density at radius 2 is 1.89 bits per heavy atom. The number of rotatable bonds is 4. The first-order chi connectivity index (χ1) is 4.12. The average Bonchev–Trinajstić information content (AvgIpc) is 1.84. The topological polar surface area (TPSA) is 58.9 Å². The van der Waals surface area contributed by atoms with Crippen LogP contribution in [0.25, 0.3) is 0 Å². The van der Waals surface area contributed by atoms with Crippen LogP contribution in [0.3, 0.4) is 0 Å². The molecule has 56 valence electrons. The van der Waals surface area contributed by atoms with Crippen molar-refractivity contribution in [2.24, 2.45) is 0 Å². The second kappa shape index (κ2) is 3.79. The van der Waals surface area contributed by atoms with Gasteiger partial charge in [-0.1, -0.05) is 0 Å². The SMILES string of the molecule is COCCC(O)(O)OC. The molecule has 0 atom stereocenters. The normalized spacial score (nSPS) is 12.0. The summed E-state index contributed by atoms with van der Waals surface area (Å²) in [7, 11) is 2.70. The van der Waals surface area contributed by atoms with Gasteiger partial charge in [-0.05, 0) is 0 Å². The van der Waals surface area contributed by atoms with Gasteiger partial charge >= 0.3 is 0 Å². The van der Waals surface area contributed by atoms with Crippen LogP contribution in [0.2, 0.25) is 0 Å². The fraction of sp³-hybridized carbons (Fsp3) is 1.00. The molecule has 4 nitrogen and oxygen atoms in total. The summed E-state index contributed by atoms with van der Waals surface area (Å²) < 4.78 is 8.85.